The van der Waals surface area contributed by atoms with Crippen LogP contribution in [0, 0.1) is 0 Å². The van der Waals surface area contributed by atoms with Crippen molar-refractivity contribution in [3.63, 3.8) is 0 Å². The zero-order chi connectivity index (χ0) is 11.2. The average Bonchev–Trinajstić information content (AvgIpc) is 2.03. The maximum Gasteiger partial charge on any atom is 1.00 e. The fourth-order valence-electron chi connectivity index (χ4n) is 0.574. The monoisotopic (exact) mass is 247 g/mol. The molecular weight excluding hydrogens is 242 g/mol. The second kappa shape index (κ2) is 10.3. The Bertz CT molecular complexity index is 385. The number of hydrogen-bond acceptors (Lipinski definition) is 6. The van der Waals surface area contributed by atoms with Gasteiger partial charge in [0.15, 0.2) is 0 Å². The third-order valence-electron chi connectivity index (χ3n) is 1.01. The van der Waals surface area contributed by atoms with Crippen LogP contribution in [0.3, 0.4) is 0 Å². The van der Waals surface area contributed by atoms with Gasteiger partial charge in [-0.25, -0.2) is 0 Å². The number of carboxylic acids is 1. The summed E-state index contributed by atoms with van der Waals surface area (Å²) in [7, 11) is -5.17. The van der Waals surface area contributed by atoms with E-state index in [1.807, 2.05) is 0 Å². The van der Waals surface area contributed by atoms with E-state index in [4.69, 9.17) is 17.5 Å². The van der Waals surface area contributed by atoms with Crippen LogP contribution in [0.4, 0.5) is 0 Å². The standard InChI is InChI=1S/C7H6O2.Li.Na.H2O4S/c8-7(9)6-4-2-1-3-5-6;;;1-5(2,3)4/h1-5H,(H,8,9);;;(H2,1,2,3,4)/q;2*+1;/p-3. The van der Waals surface area contributed by atoms with E-state index >= 15 is 0 Å². The van der Waals surface area contributed by atoms with Gasteiger partial charge in [0.2, 0.25) is 0 Å². The summed E-state index contributed by atoms with van der Waals surface area (Å²) in [6.07, 6.45) is 0. The van der Waals surface area contributed by atoms with Crippen molar-refractivity contribution in [2.45, 2.75) is 0 Å². The minimum absolute atomic E-state index is 0. The van der Waals surface area contributed by atoms with Crippen LogP contribution in [0.1, 0.15) is 10.4 Å². The Morgan fingerprint density at radius 1 is 1.06 bits per heavy atom. The van der Waals surface area contributed by atoms with Crippen molar-refractivity contribution < 1.29 is 75.8 Å². The van der Waals surface area contributed by atoms with Crippen molar-refractivity contribution in [1.29, 1.82) is 0 Å². The molecule has 1 aromatic carbocycles. The molecule has 1 rings (SSSR count). The molecule has 16 heavy (non-hydrogen) atoms. The van der Waals surface area contributed by atoms with E-state index in [1.165, 1.54) is 12.1 Å². The van der Waals surface area contributed by atoms with Gasteiger partial charge < -0.3 is 19.0 Å². The Kier molecular flexibility index (Phi) is 13.8. The first-order chi connectivity index (χ1) is 6.30. The van der Waals surface area contributed by atoms with E-state index < -0.39 is 16.4 Å². The number of rotatable bonds is 1. The molecule has 9 heteroatoms. The first kappa shape index (κ1) is 21.4. The Morgan fingerprint density at radius 3 is 1.56 bits per heavy atom. The summed E-state index contributed by atoms with van der Waals surface area (Å²) in [6, 6.07) is 8.06. The van der Waals surface area contributed by atoms with Crippen molar-refractivity contribution in [3.05, 3.63) is 35.9 Å². The molecule has 0 heterocycles. The molecule has 0 unspecified atom stereocenters. The summed E-state index contributed by atoms with van der Waals surface area (Å²) in [4.78, 5) is 10.1. The van der Waals surface area contributed by atoms with Gasteiger partial charge in [0, 0.05) is 10.4 Å². The van der Waals surface area contributed by atoms with Crippen LogP contribution in [0.2, 0.25) is 0 Å². The first-order valence-electron chi connectivity index (χ1n) is 3.24. The molecule has 6 nitrogen and oxygen atoms in total. The topological polar surface area (TPSA) is 120 Å². The second-order valence-electron chi connectivity index (χ2n) is 2.06. The number of carbonyl (C=O) groups excluding carboxylic acids is 1. The van der Waals surface area contributed by atoms with Gasteiger partial charge in [0.05, 0.1) is 5.97 Å². The third-order valence-corrected chi connectivity index (χ3v) is 1.01. The molecule has 0 spiro atoms. The van der Waals surface area contributed by atoms with Crippen LogP contribution < -0.4 is 53.5 Å². The van der Waals surface area contributed by atoms with E-state index in [0.29, 0.717) is 0 Å². The molecule has 0 aliphatic rings. The molecule has 0 fully saturated rings. The van der Waals surface area contributed by atoms with Gasteiger partial charge in [-0.05, 0) is 5.56 Å². The van der Waals surface area contributed by atoms with Crippen molar-refractivity contribution in [2.75, 3.05) is 0 Å². The van der Waals surface area contributed by atoms with Gasteiger partial charge in [0.1, 0.15) is 0 Å². The van der Waals surface area contributed by atoms with E-state index in [1.54, 1.807) is 18.2 Å². The molecule has 1 aromatic rings. The Morgan fingerprint density at radius 2 is 1.38 bits per heavy atom. The number of hydrogen-bond donors (Lipinski definition) is 0. The van der Waals surface area contributed by atoms with Crippen LogP contribution in [0.15, 0.2) is 30.3 Å². The molecule has 0 atom stereocenters. The average molecular weight is 247 g/mol. The van der Waals surface area contributed by atoms with Gasteiger partial charge in [-0.1, -0.05) is 30.3 Å². The van der Waals surface area contributed by atoms with Crippen LogP contribution >= 0.6 is 0 Å². The number of benzene rings is 1. The quantitative estimate of drug-likeness (QED) is 0.276. The van der Waals surface area contributed by atoms with Crippen molar-refractivity contribution in [1.82, 2.24) is 0 Å². The number of aromatic carboxylic acids is 1. The zero-order valence-electron chi connectivity index (χ0n) is 8.74. The van der Waals surface area contributed by atoms with Crippen molar-refractivity contribution >= 4 is 16.4 Å². The molecule has 0 saturated heterocycles. The van der Waals surface area contributed by atoms with Crippen molar-refractivity contribution in [2.24, 2.45) is 0 Å². The first-order valence-corrected chi connectivity index (χ1v) is 4.57. The third kappa shape index (κ3) is 16.6. The molecular formula is C7H5LiNaO6S-. The van der Waals surface area contributed by atoms with E-state index in [2.05, 4.69) is 0 Å². The number of carbonyl (C=O) groups is 1. The predicted octanol–water partition coefficient (Wildman–Crippen LogP) is -7.28. The van der Waals surface area contributed by atoms with E-state index in [0.717, 1.165) is 0 Å². The summed E-state index contributed by atoms with van der Waals surface area (Å²) in [6.45, 7) is 0. The molecule has 78 valence electrons. The SMILES string of the molecule is O=C([O-])c1ccccc1.O=S(=O)([O-])[O-].[Li+].[Na+]. The smallest absolute Gasteiger partial charge is 0.759 e. The largest absolute Gasteiger partial charge is 1.00 e. The number of carboxylic acid groups (broad SMARTS) is 1. The van der Waals surface area contributed by atoms with Crippen LogP contribution in [0.5, 0.6) is 0 Å². The minimum atomic E-state index is -5.17. The maximum absolute atomic E-state index is 10.1. The minimum Gasteiger partial charge on any atom is -0.759 e. The predicted molar refractivity (Wildman–Crippen MR) is 41.2 cm³/mol. The molecule has 0 N–H and O–H groups in total. The Hall–Kier alpha value is 0.157. The van der Waals surface area contributed by atoms with Crippen molar-refractivity contribution in [3.8, 4) is 0 Å². The normalized spacial score (nSPS) is 8.62. The van der Waals surface area contributed by atoms with Crippen LogP contribution in [-0.4, -0.2) is 23.5 Å². The molecule has 0 amide bonds. The maximum atomic E-state index is 10.1. The molecule has 0 saturated carbocycles. The fraction of sp³-hybridized carbons (Fsp3) is 0. The second-order valence-corrected chi connectivity index (χ2v) is 2.88. The summed E-state index contributed by atoms with van der Waals surface area (Å²) in [5.74, 6) is -1.13. The van der Waals surface area contributed by atoms with Gasteiger partial charge in [-0.2, -0.15) is 0 Å². The summed E-state index contributed by atoms with van der Waals surface area (Å²) in [5, 5.41) is 10.1. The summed E-state index contributed by atoms with van der Waals surface area (Å²) >= 11 is 0. The van der Waals surface area contributed by atoms with E-state index in [9.17, 15) is 9.90 Å². The summed E-state index contributed by atoms with van der Waals surface area (Å²) < 4.78 is 34.1. The molecule has 0 aliphatic heterocycles. The summed E-state index contributed by atoms with van der Waals surface area (Å²) in [5.41, 5.74) is 0.220. The fourth-order valence-corrected chi connectivity index (χ4v) is 0.574. The molecule has 0 radical (unpaired) electrons. The zero-order valence-corrected chi connectivity index (χ0v) is 11.6. The van der Waals surface area contributed by atoms with Gasteiger partial charge >= 0.3 is 48.4 Å². The van der Waals surface area contributed by atoms with E-state index in [-0.39, 0.29) is 54.0 Å². The molecule has 0 bridgehead atoms. The molecule has 0 aromatic heterocycles. The van der Waals surface area contributed by atoms with Crippen LogP contribution in [0.25, 0.3) is 0 Å². The molecule has 0 aliphatic carbocycles. The van der Waals surface area contributed by atoms with Gasteiger partial charge in [-0.3, -0.25) is 8.42 Å². The van der Waals surface area contributed by atoms with Gasteiger partial charge in [0.25, 0.3) is 0 Å². The van der Waals surface area contributed by atoms with Gasteiger partial charge in [-0.15, -0.1) is 0 Å². The Labute approximate surface area is 127 Å². The Balaban J connectivity index is -0.000000214. The van der Waals surface area contributed by atoms with Crippen LogP contribution in [-0.2, 0) is 10.4 Å².